The van der Waals surface area contributed by atoms with Gasteiger partial charge in [-0.2, -0.15) is 0 Å². The molecule has 0 saturated carbocycles. The molecule has 0 bridgehead atoms. The smallest absolute Gasteiger partial charge is 0.242 e. The Morgan fingerprint density at radius 1 is 1.20 bits per heavy atom. The first-order valence-corrected chi connectivity index (χ1v) is 12.6. The number of para-hydroxylation sites is 1. The van der Waals surface area contributed by atoms with E-state index in [4.69, 9.17) is 0 Å². The largest absolute Gasteiger partial charge is 0.372 e. The van der Waals surface area contributed by atoms with Crippen molar-refractivity contribution >= 4 is 43.2 Å². The SMILES string of the molecule is CCC(=O)N1CCc2cc(Br)cc(S(=O)(=O)NCCCN(CC)c3ccccc3)c21. The highest BCUT2D eigenvalue weighted by Gasteiger charge is 2.31. The van der Waals surface area contributed by atoms with E-state index >= 15 is 0 Å². The minimum atomic E-state index is -3.74. The predicted molar refractivity (Wildman–Crippen MR) is 125 cm³/mol. The molecule has 6 nitrogen and oxygen atoms in total. The zero-order valence-corrected chi connectivity index (χ0v) is 19.8. The average molecular weight is 494 g/mol. The fourth-order valence-corrected chi connectivity index (χ4v) is 5.78. The molecule has 0 aromatic heterocycles. The highest BCUT2D eigenvalue weighted by molar-refractivity contribution is 9.10. The fourth-order valence-electron chi connectivity index (χ4n) is 3.78. The first kappa shape index (κ1) is 22.8. The molecule has 0 unspecified atom stereocenters. The number of nitrogens with zero attached hydrogens (tertiary/aromatic N) is 2. The summed E-state index contributed by atoms with van der Waals surface area (Å²) in [6, 6.07) is 13.6. The molecule has 0 spiro atoms. The van der Waals surface area contributed by atoms with Gasteiger partial charge < -0.3 is 9.80 Å². The summed E-state index contributed by atoms with van der Waals surface area (Å²) >= 11 is 3.42. The number of carbonyl (C=O) groups excluding carboxylic acids is 1. The molecular weight excluding hydrogens is 466 g/mol. The van der Waals surface area contributed by atoms with Gasteiger partial charge in [0.15, 0.2) is 0 Å². The van der Waals surface area contributed by atoms with Gasteiger partial charge in [0.05, 0.1) is 5.69 Å². The topological polar surface area (TPSA) is 69.7 Å². The lowest BCUT2D eigenvalue weighted by Crippen LogP contribution is -2.32. The average Bonchev–Trinajstić information content (AvgIpc) is 3.16. The lowest BCUT2D eigenvalue weighted by molar-refractivity contribution is -0.118. The van der Waals surface area contributed by atoms with Gasteiger partial charge in [0.2, 0.25) is 15.9 Å². The number of benzene rings is 2. The second kappa shape index (κ2) is 9.94. The maximum atomic E-state index is 13.1. The van der Waals surface area contributed by atoms with E-state index < -0.39 is 10.0 Å². The summed E-state index contributed by atoms with van der Waals surface area (Å²) in [4.78, 5) is 16.3. The van der Waals surface area contributed by atoms with Gasteiger partial charge in [0, 0.05) is 42.8 Å². The molecule has 8 heteroatoms. The zero-order valence-electron chi connectivity index (χ0n) is 17.4. The van der Waals surface area contributed by atoms with Crippen LogP contribution in [0.2, 0.25) is 0 Å². The van der Waals surface area contributed by atoms with Crippen molar-refractivity contribution in [2.75, 3.05) is 36.0 Å². The Morgan fingerprint density at radius 3 is 2.60 bits per heavy atom. The molecule has 30 heavy (non-hydrogen) atoms. The minimum absolute atomic E-state index is 0.0611. The molecule has 2 aromatic carbocycles. The van der Waals surface area contributed by atoms with Crippen LogP contribution in [-0.4, -0.2) is 40.5 Å². The number of carbonyl (C=O) groups is 1. The van der Waals surface area contributed by atoms with Crippen molar-refractivity contribution in [2.24, 2.45) is 0 Å². The molecule has 1 amide bonds. The van der Waals surface area contributed by atoms with Crippen molar-refractivity contribution in [3.05, 3.63) is 52.5 Å². The van der Waals surface area contributed by atoms with E-state index in [1.807, 2.05) is 24.3 Å². The Balaban J connectivity index is 1.71. The molecule has 0 fully saturated rings. The van der Waals surface area contributed by atoms with E-state index in [1.165, 1.54) is 0 Å². The maximum absolute atomic E-state index is 13.1. The quantitative estimate of drug-likeness (QED) is 0.537. The molecule has 2 aromatic rings. The van der Waals surface area contributed by atoms with Gasteiger partial charge in [-0.1, -0.05) is 41.1 Å². The maximum Gasteiger partial charge on any atom is 0.242 e. The number of sulfonamides is 1. The second-order valence-corrected chi connectivity index (χ2v) is 9.88. The van der Waals surface area contributed by atoms with Crippen LogP contribution in [0.5, 0.6) is 0 Å². The van der Waals surface area contributed by atoms with Gasteiger partial charge in [-0.15, -0.1) is 0 Å². The van der Waals surface area contributed by atoms with Gasteiger partial charge >= 0.3 is 0 Å². The Labute approximate surface area is 187 Å². The number of rotatable bonds is 9. The fraction of sp³-hybridized carbons (Fsp3) is 0.409. The van der Waals surface area contributed by atoms with E-state index in [-0.39, 0.29) is 10.8 Å². The van der Waals surface area contributed by atoms with Crippen LogP contribution in [0.1, 0.15) is 32.3 Å². The first-order chi connectivity index (χ1) is 14.4. The van der Waals surface area contributed by atoms with Crippen molar-refractivity contribution < 1.29 is 13.2 Å². The normalized spacial score (nSPS) is 13.4. The summed E-state index contributed by atoms with van der Waals surface area (Å²) in [5.74, 6) is -0.0611. The third kappa shape index (κ3) is 5.04. The lowest BCUT2D eigenvalue weighted by atomic mass is 10.2. The van der Waals surface area contributed by atoms with E-state index in [9.17, 15) is 13.2 Å². The molecule has 162 valence electrons. The first-order valence-electron chi connectivity index (χ1n) is 10.3. The zero-order chi connectivity index (χ0) is 21.7. The number of hydrogen-bond acceptors (Lipinski definition) is 4. The van der Waals surface area contributed by atoms with Gasteiger partial charge in [0.25, 0.3) is 0 Å². The van der Waals surface area contributed by atoms with Gasteiger partial charge in [-0.05, 0) is 49.6 Å². The number of nitrogens with one attached hydrogen (secondary N) is 1. The molecule has 1 aliphatic rings. The van der Waals surface area contributed by atoms with E-state index in [2.05, 4.69) is 44.6 Å². The van der Waals surface area contributed by atoms with E-state index in [0.717, 1.165) is 24.3 Å². The molecule has 0 atom stereocenters. The highest BCUT2D eigenvalue weighted by Crippen LogP contribution is 2.37. The molecule has 1 heterocycles. The lowest BCUT2D eigenvalue weighted by Gasteiger charge is -2.23. The summed E-state index contributed by atoms with van der Waals surface area (Å²) in [5.41, 5.74) is 2.53. The van der Waals surface area contributed by atoms with Crippen LogP contribution in [0.3, 0.4) is 0 Å². The molecule has 0 aliphatic carbocycles. The van der Waals surface area contributed by atoms with Crippen LogP contribution in [0.25, 0.3) is 0 Å². The number of hydrogen-bond donors (Lipinski definition) is 1. The second-order valence-electron chi connectivity index (χ2n) is 7.23. The molecule has 1 N–H and O–H groups in total. The Bertz CT molecular complexity index is 996. The monoisotopic (exact) mass is 493 g/mol. The van der Waals surface area contributed by atoms with E-state index in [1.54, 1.807) is 17.9 Å². The van der Waals surface area contributed by atoms with Crippen LogP contribution in [0, 0.1) is 0 Å². The van der Waals surface area contributed by atoms with Crippen molar-refractivity contribution in [3.63, 3.8) is 0 Å². The standard InChI is InChI=1S/C22H28BrN3O3S/c1-3-21(27)26-14-11-17-15-18(23)16-20(22(17)26)30(28,29)24-12-8-13-25(4-2)19-9-6-5-7-10-19/h5-7,9-10,15-16,24H,3-4,8,11-14H2,1-2H3. The number of halogens is 1. The number of amides is 1. The van der Waals surface area contributed by atoms with Gasteiger partial charge in [-0.3, -0.25) is 4.79 Å². The summed E-state index contributed by atoms with van der Waals surface area (Å²) < 4.78 is 29.6. The number of fused-ring (bicyclic) bond motifs is 1. The van der Waals surface area contributed by atoms with Crippen LogP contribution in [-0.2, 0) is 21.2 Å². The molecule has 0 radical (unpaired) electrons. The molecular formula is C22H28BrN3O3S. The Hall–Kier alpha value is -1.90. The van der Waals surface area contributed by atoms with Crippen molar-refractivity contribution in [2.45, 2.75) is 38.0 Å². The molecule has 3 rings (SSSR count). The van der Waals surface area contributed by atoms with Crippen LogP contribution >= 0.6 is 15.9 Å². The summed E-state index contributed by atoms with van der Waals surface area (Å²) in [6.07, 6.45) is 1.68. The Kier molecular flexibility index (Phi) is 7.55. The predicted octanol–water partition coefficient (Wildman–Crippen LogP) is 3.94. The van der Waals surface area contributed by atoms with Gasteiger partial charge in [-0.25, -0.2) is 13.1 Å². The number of anilines is 2. The summed E-state index contributed by atoms with van der Waals surface area (Å²) in [6.45, 7) is 6.32. The molecule has 1 aliphatic heterocycles. The van der Waals surface area contributed by atoms with E-state index in [0.29, 0.717) is 42.5 Å². The Morgan fingerprint density at radius 2 is 1.93 bits per heavy atom. The third-order valence-corrected chi connectivity index (χ3v) is 7.22. The van der Waals surface area contributed by atoms with Crippen molar-refractivity contribution in [3.8, 4) is 0 Å². The van der Waals surface area contributed by atoms with Crippen molar-refractivity contribution in [1.82, 2.24) is 4.72 Å². The minimum Gasteiger partial charge on any atom is -0.372 e. The summed E-state index contributed by atoms with van der Waals surface area (Å²) in [5, 5.41) is 0. The van der Waals surface area contributed by atoms with Crippen LogP contribution in [0.4, 0.5) is 11.4 Å². The van der Waals surface area contributed by atoms with Crippen LogP contribution in [0.15, 0.2) is 51.8 Å². The molecule has 0 saturated heterocycles. The third-order valence-electron chi connectivity index (χ3n) is 5.29. The van der Waals surface area contributed by atoms with Crippen LogP contribution < -0.4 is 14.5 Å². The summed E-state index contributed by atoms with van der Waals surface area (Å²) in [7, 11) is -3.74. The van der Waals surface area contributed by atoms with Crippen molar-refractivity contribution in [1.29, 1.82) is 0 Å². The van der Waals surface area contributed by atoms with Gasteiger partial charge in [0.1, 0.15) is 4.90 Å². The highest BCUT2D eigenvalue weighted by atomic mass is 79.9.